The minimum absolute atomic E-state index is 0.0826. The van der Waals surface area contributed by atoms with Crippen molar-refractivity contribution in [3.05, 3.63) is 0 Å². The molecule has 1 aliphatic rings. The molecular formula is C13H25NO3. The lowest BCUT2D eigenvalue weighted by Gasteiger charge is -2.31. The van der Waals surface area contributed by atoms with E-state index in [0.29, 0.717) is 6.42 Å². The third-order valence-corrected chi connectivity index (χ3v) is 3.67. The zero-order valence-corrected chi connectivity index (χ0v) is 10.9. The Hall–Kier alpha value is -0.610. The minimum atomic E-state index is 0.0826. The van der Waals surface area contributed by atoms with Crippen LogP contribution < -0.4 is 5.32 Å². The first-order valence-corrected chi connectivity index (χ1v) is 6.60. The van der Waals surface area contributed by atoms with Gasteiger partial charge in [-0.3, -0.25) is 4.79 Å². The van der Waals surface area contributed by atoms with Crippen LogP contribution >= 0.6 is 0 Å². The average molecular weight is 243 g/mol. The molecular weight excluding hydrogens is 218 g/mol. The van der Waals surface area contributed by atoms with Crippen molar-refractivity contribution >= 4 is 5.91 Å². The van der Waals surface area contributed by atoms with E-state index < -0.39 is 0 Å². The topological polar surface area (TPSA) is 58.6 Å². The lowest BCUT2D eigenvalue weighted by atomic mass is 9.85. The fraction of sp³-hybridized carbons (Fsp3) is 0.923. The second kappa shape index (κ2) is 7.67. The lowest BCUT2D eigenvalue weighted by molar-refractivity contribution is -0.123. The fourth-order valence-corrected chi connectivity index (χ4v) is 2.35. The quantitative estimate of drug-likeness (QED) is 0.742. The summed E-state index contributed by atoms with van der Waals surface area (Å²) in [6, 6.07) is 0.166. The third-order valence-electron chi connectivity index (χ3n) is 3.67. The zero-order valence-electron chi connectivity index (χ0n) is 10.9. The summed E-state index contributed by atoms with van der Waals surface area (Å²) in [6.07, 6.45) is 5.71. The number of ether oxygens (including phenoxy) is 1. The average Bonchev–Trinajstić information content (AvgIpc) is 2.36. The molecule has 2 N–H and O–H groups in total. The molecule has 0 heterocycles. The summed E-state index contributed by atoms with van der Waals surface area (Å²) in [7, 11) is 1.66. The molecule has 0 spiro atoms. The van der Waals surface area contributed by atoms with E-state index in [2.05, 4.69) is 5.32 Å². The van der Waals surface area contributed by atoms with Gasteiger partial charge in [0.1, 0.15) is 0 Å². The Morgan fingerprint density at radius 1 is 1.47 bits per heavy atom. The van der Waals surface area contributed by atoms with Crippen LogP contribution in [0.15, 0.2) is 0 Å². The number of rotatable bonds is 6. The molecule has 1 saturated carbocycles. The van der Waals surface area contributed by atoms with Gasteiger partial charge in [0.05, 0.1) is 6.10 Å². The smallest absolute Gasteiger partial charge is 0.220 e. The summed E-state index contributed by atoms with van der Waals surface area (Å²) in [5, 5.41) is 12.3. The molecule has 0 saturated heterocycles. The number of hydrogen-bond donors (Lipinski definition) is 2. The molecule has 0 radical (unpaired) electrons. The van der Waals surface area contributed by atoms with E-state index in [4.69, 9.17) is 4.74 Å². The summed E-state index contributed by atoms with van der Waals surface area (Å²) < 4.78 is 5.11. The molecule has 3 unspecified atom stereocenters. The monoisotopic (exact) mass is 243 g/mol. The SMILES string of the molecule is COC(C)CCC(=O)NC1CCCCC1CO. The largest absolute Gasteiger partial charge is 0.396 e. The van der Waals surface area contributed by atoms with Crippen LogP contribution in [0.2, 0.25) is 0 Å². The molecule has 1 aliphatic carbocycles. The van der Waals surface area contributed by atoms with Crippen molar-refractivity contribution in [2.75, 3.05) is 13.7 Å². The van der Waals surface area contributed by atoms with Gasteiger partial charge in [0.2, 0.25) is 5.91 Å². The molecule has 0 aliphatic heterocycles. The van der Waals surface area contributed by atoms with Gasteiger partial charge in [0.15, 0.2) is 0 Å². The maximum absolute atomic E-state index is 11.7. The highest BCUT2D eigenvalue weighted by molar-refractivity contribution is 5.76. The first-order chi connectivity index (χ1) is 8.17. The minimum Gasteiger partial charge on any atom is -0.396 e. The first kappa shape index (κ1) is 14.5. The Balaban J connectivity index is 2.28. The highest BCUT2D eigenvalue weighted by Gasteiger charge is 2.25. The van der Waals surface area contributed by atoms with Crippen LogP contribution in [-0.4, -0.2) is 36.9 Å². The number of amides is 1. The molecule has 100 valence electrons. The van der Waals surface area contributed by atoms with Crippen LogP contribution in [0.1, 0.15) is 45.4 Å². The molecule has 0 aromatic carbocycles. The van der Waals surface area contributed by atoms with Gasteiger partial charge < -0.3 is 15.2 Å². The zero-order chi connectivity index (χ0) is 12.7. The summed E-state index contributed by atoms with van der Waals surface area (Å²) in [5.74, 6) is 0.326. The van der Waals surface area contributed by atoms with Crippen LogP contribution in [-0.2, 0) is 9.53 Å². The van der Waals surface area contributed by atoms with Crippen LogP contribution in [0, 0.1) is 5.92 Å². The van der Waals surface area contributed by atoms with Crippen LogP contribution in [0.3, 0.4) is 0 Å². The Morgan fingerprint density at radius 2 is 2.18 bits per heavy atom. The van der Waals surface area contributed by atoms with Gasteiger partial charge in [0.25, 0.3) is 0 Å². The van der Waals surface area contributed by atoms with Crippen molar-refractivity contribution in [1.29, 1.82) is 0 Å². The molecule has 1 rings (SSSR count). The van der Waals surface area contributed by atoms with E-state index >= 15 is 0 Å². The summed E-state index contributed by atoms with van der Waals surface area (Å²) in [5.41, 5.74) is 0. The van der Waals surface area contributed by atoms with Crippen molar-refractivity contribution in [3.8, 4) is 0 Å². The van der Waals surface area contributed by atoms with Gasteiger partial charge >= 0.3 is 0 Å². The molecule has 0 aromatic rings. The maximum Gasteiger partial charge on any atom is 0.220 e. The van der Waals surface area contributed by atoms with Crippen molar-refractivity contribution in [3.63, 3.8) is 0 Å². The van der Waals surface area contributed by atoms with Crippen molar-refractivity contribution < 1.29 is 14.6 Å². The number of carbonyl (C=O) groups is 1. The Bertz CT molecular complexity index is 233. The third kappa shape index (κ3) is 5.04. The standard InChI is InChI=1S/C13H25NO3/c1-10(17-2)7-8-13(16)14-12-6-4-3-5-11(12)9-15/h10-12,15H,3-9H2,1-2H3,(H,14,16). The normalized spacial score (nSPS) is 26.5. The number of nitrogens with one attached hydrogen (secondary N) is 1. The molecule has 17 heavy (non-hydrogen) atoms. The molecule has 0 aromatic heterocycles. The molecule has 3 atom stereocenters. The first-order valence-electron chi connectivity index (χ1n) is 6.60. The lowest BCUT2D eigenvalue weighted by Crippen LogP contribution is -2.43. The summed E-state index contributed by atoms with van der Waals surface area (Å²) in [6.45, 7) is 2.14. The summed E-state index contributed by atoms with van der Waals surface area (Å²) in [4.78, 5) is 11.7. The van der Waals surface area contributed by atoms with E-state index in [9.17, 15) is 9.90 Å². The van der Waals surface area contributed by atoms with E-state index in [-0.39, 0.29) is 30.6 Å². The Labute approximate surface area is 104 Å². The highest BCUT2D eigenvalue weighted by Crippen LogP contribution is 2.24. The molecule has 1 amide bonds. The predicted molar refractivity (Wildman–Crippen MR) is 66.7 cm³/mol. The summed E-state index contributed by atoms with van der Waals surface area (Å²) >= 11 is 0. The second-order valence-electron chi connectivity index (χ2n) is 4.99. The van der Waals surface area contributed by atoms with E-state index in [1.54, 1.807) is 7.11 Å². The molecule has 1 fully saturated rings. The van der Waals surface area contributed by atoms with E-state index in [0.717, 1.165) is 32.1 Å². The van der Waals surface area contributed by atoms with Crippen molar-refractivity contribution in [2.24, 2.45) is 5.92 Å². The highest BCUT2D eigenvalue weighted by atomic mass is 16.5. The number of hydrogen-bond acceptors (Lipinski definition) is 3. The molecule has 4 nitrogen and oxygen atoms in total. The van der Waals surface area contributed by atoms with Gasteiger partial charge in [-0.05, 0) is 26.2 Å². The van der Waals surface area contributed by atoms with Crippen molar-refractivity contribution in [2.45, 2.75) is 57.6 Å². The fourth-order valence-electron chi connectivity index (χ4n) is 2.35. The van der Waals surface area contributed by atoms with E-state index in [1.807, 2.05) is 6.92 Å². The number of aliphatic hydroxyl groups excluding tert-OH is 1. The van der Waals surface area contributed by atoms with Crippen LogP contribution in [0.4, 0.5) is 0 Å². The van der Waals surface area contributed by atoms with Gasteiger partial charge in [-0.15, -0.1) is 0 Å². The van der Waals surface area contributed by atoms with Gasteiger partial charge in [0, 0.05) is 32.1 Å². The molecule has 4 heteroatoms. The predicted octanol–water partition coefficient (Wildman–Crippen LogP) is 1.47. The van der Waals surface area contributed by atoms with Crippen molar-refractivity contribution in [1.82, 2.24) is 5.32 Å². The second-order valence-corrected chi connectivity index (χ2v) is 4.99. The van der Waals surface area contributed by atoms with Crippen LogP contribution in [0.5, 0.6) is 0 Å². The van der Waals surface area contributed by atoms with Crippen LogP contribution in [0.25, 0.3) is 0 Å². The van der Waals surface area contributed by atoms with Gasteiger partial charge in [-0.1, -0.05) is 12.8 Å². The van der Waals surface area contributed by atoms with Gasteiger partial charge in [-0.25, -0.2) is 0 Å². The number of carbonyl (C=O) groups excluding carboxylic acids is 1. The van der Waals surface area contributed by atoms with Gasteiger partial charge in [-0.2, -0.15) is 0 Å². The Morgan fingerprint density at radius 3 is 2.82 bits per heavy atom. The number of methoxy groups -OCH3 is 1. The van der Waals surface area contributed by atoms with E-state index in [1.165, 1.54) is 0 Å². The Kier molecular flexibility index (Phi) is 6.52. The molecule has 0 bridgehead atoms. The maximum atomic E-state index is 11.7. The number of aliphatic hydroxyl groups is 1.